The summed E-state index contributed by atoms with van der Waals surface area (Å²) in [4.78, 5) is 13.6. The van der Waals surface area contributed by atoms with Crippen LogP contribution in [0.3, 0.4) is 0 Å². The fourth-order valence-electron chi connectivity index (χ4n) is 4.41. The highest BCUT2D eigenvalue weighted by Crippen LogP contribution is 2.43. The molecule has 1 saturated heterocycles. The average molecular weight is 481 g/mol. The van der Waals surface area contributed by atoms with E-state index in [2.05, 4.69) is 5.32 Å². The maximum absolute atomic E-state index is 13.4. The summed E-state index contributed by atoms with van der Waals surface area (Å²) < 4.78 is 39.2. The maximum Gasteiger partial charge on any atom is 0.243 e. The van der Waals surface area contributed by atoms with Crippen molar-refractivity contribution in [3.05, 3.63) is 90.0 Å². The van der Waals surface area contributed by atoms with Gasteiger partial charge in [-0.3, -0.25) is 4.79 Å². The first kappa shape index (κ1) is 23.8. The van der Waals surface area contributed by atoms with Gasteiger partial charge in [-0.15, -0.1) is 0 Å². The second kappa shape index (κ2) is 10.3. The molecule has 8 heteroatoms. The maximum atomic E-state index is 13.4. The summed E-state index contributed by atoms with van der Waals surface area (Å²) >= 11 is 0. The highest BCUT2D eigenvalue weighted by atomic mass is 32.2. The zero-order valence-electron chi connectivity index (χ0n) is 19.2. The molecule has 0 aliphatic carbocycles. The Kier molecular flexibility index (Phi) is 7.19. The first-order valence-electron chi connectivity index (χ1n) is 11.0. The molecule has 1 heterocycles. The Hall–Kier alpha value is -3.36. The number of para-hydroxylation sites is 1. The van der Waals surface area contributed by atoms with Gasteiger partial charge in [0.15, 0.2) is 11.5 Å². The van der Waals surface area contributed by atoms with Crippen LogP contribution in [-0.2, 0) is 21.4 Å². The zero-order valence-corrected chi connectivity index (χ0v) is 20.0. The minimum atomic E-state index is -3.77. The Morgan fingerprint density at radius 3 is 2.24 bits per heavy atom. The van der Waals surface area contributed by atoms with Gasteiger partial charge in [-0.1, -0.05) is 60.7 Å². The SMILES string of the molecule is COc1cccc(C2CN(S(=O)(=O)c3ccccc3)CC2C(=O)NCc2ccccc2)c1OC. The van der Waals surface area contributed by atoms with E-state index in [1.165, 1.54) is 4.31 Å². The Labute approximate surface area is 200 Å². The van der Waals surface area contributed by atoms with Crippen LogP contribution in [0.5, 0.6) is 11.5 Å². The van der Waals surface area contributed by atoms with Gasteiger partial charge in [-0.25, -0.2) is 8.42 Å². The van der Waals surface area contributed by atoms with E-state index in [-0.39, 0.29) is 23.9 Å². The van der Waals surface area contributed by atoms with E-state index < -0.39 is 21.9 Å². The third-order valence-electron chi connectivity index (χ3n) is 6.15. The summed E-state index contributed by atoms with van der Waals surface area (Å²) in [6, 6.07) is 23.4. The van der Waals surface area contributed by atoms with Crippen molar-refractivity contribution in [1.82, 2.24) is 9.62 Å². The van der Waals surface area contributed by atoms with E-state index in [1.807, 2.05) is 42.5 Å². The van der Waals surface area contributed by atoms with E-state index >= 15 is 0 Å². The number of amides is 1. The number of hydrogen-bond donors (Lipinski definition) is 1. The van der Waals surface area contributed by atoms with Crippen LogP contribution in [0.15, 0.2) is 83.8 Å². The smallest absolute Gasteiger partial charge is 0.243 e. The van der Waals surface area contributed by atoms with Crippen molar-refractivity contribution in [3.8, 4) is 11.5 Å². The lowest BCUT2D eigenvalue weighted by Gasteiger charge is -2.21. The summed E-state index contributed by atoms with van der Waals surface area (Å²) in [6.45, 7) is 0.594. The highest BCUT2D eigenvalue weighted by molar-refractivity contribution is 7.89. The number of methoxy groups -OCH3 is 2. The summed E-state index contributed by atoms with van der Waals surface area (Å²) in [5.74, 6) is -0.158. The molecule has 2 atom stereocenters. The third-order valence-corrected chi connectivity index (χ3v) is 7.99. The molecule has 0 spiro atoms. The van der Waals surface area contributed by atoms with Crippen LogP contribution in [-0.4, -0.2) is 45.9 Å². The van der Waals surface area contributed by atoms with Gasteiger partial charge in [0.25, 0.3) is 0 Å². The second-order valence-corrected chi connectivity index (χ2v) is 10.1. The molecule has 4 rings (SSSR count). The number of ether oxygens (including phenoxy) is 2. The van der Waals surface area contributed by atoms with Crippen molar-refractivity contribution in [2.75, 3.05) is 27.3 Å². The van der Waals surface area contributed by atoms with E-state index in [4.69, 9.17) is 9.47 Å². The van der Waals surface area contributed by atoms with Crippen LogP contribution in [0.25, 0.3) is 0 Å². The third kappa shape index (κ3) is 4.78. The van der Waals surface area contributed by atoms with Gasteiger partial charge in [0, 0.05) is 31.1 Å². The molecule has 0 aromatic heterocycles. The molecule has 3 aromatic rings. The lowest BCUT2D eigenvalue weighted by Crippen LogP contribution is -2.35. The lowest BCUT2D eigenvalue weighted by atomic mass is 9.87. The minimum Gasteiger partial charge on any atom is -0.493 e. The Morgan fingerprint density at radius 1 is 0.912 bits per heavy atom. The molecular weight excluding hydrogens is 452 g/mol. The van der Waals surface area contributed by atoms with E-state index in [0.717, 1.165) is 11.1 Å². The number of nitrogens with one attached hydrogen (secondary N) is 1. The lowest BCUT2D eigenvalue weighted by molar-refractivity contribution is -0.125. The zero-order chi connectivity index (χ0) is 24.1. The fraction of sp³-hybridized carbons (Fsp3) is 0.269. The number of hydrogen-bond acceptors (Lipinski definition) is 5. The normalized spacial score (nSPS) is 18.4. The topological polar surface area (TPSA) is 84.9 Å². The fourth-order valence-corrected chi connectivity index (χ4v) is 5.92. The minimum absolute atomic E-state index is 0.0723. The molecule has 0 bridgehead atoms. The molecule has 3 aromatic carbocycles. The van der Waals surface area contributed by atoms with Gasteiger partial charge < -0.3 is 14.8 Å². The van der Waals surface area contributed by atoms with Gasteiger partial charge >= 0.3 is 0 Å². The number of rotatable bonds is 8. The molecule has 7 nitrogen and oxygen atoms in total. The molecule has 0 saturated carbocycles. The van der Waals surface area contributed by atoms with E-state index in [0.29, 0.717) is 18.0 Å². The molecule has 2 unspecified atom stereocenters. The van der Waals surface area contributed by atoms with E-state index in [9.17, 15) is 13.2 Å². The number of sulfonamides is 1. The quantitative estimate of drug-likeness (QED) is 0.534. The summed E-state index contributed by atoms with van der Waals surface area (Å²) in [6.07, 6.45) is 0. The summed E-state index contributed by atoms with van der Waals surface area (Å²) in [5, 5.41) is 2.99. The van der Waals surface area contributed by atoms with Gasteiger partial charge in [0.1, 0.15) is 0 Å². The predicted molar refractivity (Wildman–Crippen MR) is 129 cm³/mol. The van der Waals surface area contributed by atoms with Crippen LogP contribution in [0, 0.1) is 5.92 Å². The van der Waals surface area contributed by atoms with Crippen molar-refractivity contribution in [2.24, 2.45) is 5.92 Å². The van der Waals surface area contributed by atoms with Crippen LogP contribution in [0.1, 0.15) is 17.0 Å². The van der Waals surface area contributed by atoms with Gasteiger partial charge in [-0.05, 0) is 23.8 Å². The molecule has 1 aliphatic rings. The highest BCUT2D eigenvalue weighted by Gasteiger charge is 2.44. The molecule has 178 valence electrons. The Balaban J connectivity index is 1.67. The average Bonchev–Trinajstić information content (AvgIpc) is 3.34. The summed E-state index contributed by atoms with van der Waals surface area (Å²) in [7, 11) is -0.678. The Bertz CT molecular complexity index is 1230. The molecule has 0 radical (unpaired) electrons. The monoisotopic (exact) mass is 480 g/mol. The van der Waals surface area contributed by atoms with Crippen molar-refractivity contribution < 1.29 is 22.7 Å². The Morgan fingerprint density at radius 2 is 1.59 bits per heavy atom. The molecule has 1 aliphatic heterocycles. The number of carbonyl (C=O) groups is 1. The van der Waals surface area contributed by atoms with E-state index in [1.54, 1.807) is 50.6 Å². The number of carbonyl (C=O) groups excluding carboxylic acids is 1. The largest absolute Gasteiger partial charge is 0.493 e. The van der Waals surface area contributed by atoms with Crippen LogP contribution >= 0.6 is 0 Å². The number of benzene rings is 3. The van der Waals surface area contributed by atoms with Crippen LogP contribution in [0.4, 0.5) is 0 Å². The molecule has 1 fully saturated rings. The number of nitrogens with zero attached hydrogens (tertiary/aromatic N) is 1. The van der Waals surface area contributed by atoms with Gasteiger partial charge in [0.2, 0.25) is 15.9 Å². The van der Waals surface area contributed by atoms with Gasteiger partial charge in [0.05, 0.1) is 25.0 Å². The van der Waals surface area contributed by atoms with Crippen molar-refractivity contribution in [1.29, 1.82) is 0 Å². The molecule has 1 N–H and O–H groups in total. The van der Waals surface area contributed by atoms with Crippen LogP contribution in [0.2, 0.25) is 0 Å². The second-order valence-electron chi connectivity index (χ2n) is 8.13. The first-order valence-corrected chi connectivity index (χ1v) is 12.5. The molecular formula is C26H28N2O5S. The van der Waals surface area contributed by atoms with Crippen molar-refractivity contribution in [2.45, 2.75) is 17.4 Å². The van der Waals surface area contributed by atoms with Crippen molar-refractivity contribution in [3.63, 3.8) is 0 Å². The van der Waals surface area contributed by atoms with Gasteiger partial charge in [-0.2, -0.15) is 4.31 Å². The van der Waals surface area contributed by atoms with Crippen LogP contribution < -0.4 is 14.8 Å². The molecule has 34 heavy (non-hydrogen) atoms. The first-order chi connectivity index (χ1) is 16.5. The molecule has 1 amide bonds. The predicted octanol–water partition coefficient (Wildman–Crippen LogP) is 3.42. The van der Waals surface area contributed by atoms with Crippen molar-refractivity contribution >= 4 is 15.9 Å². The summed E-state index contributed by atoms with van der Waals surface area (Å²) in [5.41, 5.74) is 1.71. The standard InChI is InChI=1S/C26H28N2O5S/c1-32-24-15-9-14-21(25(24)33-2)22-17-28(34(30,31)20-12-7-4-8-13-20)18-23(22)26(29)27-16-19-10-5-3-6-11-19/h3-15,22-23H,16-18H2,1-2H3,(H,27,29).